The lowest BCUT2D eigenvalue weighted by molar-refractivity contribution is 0.101. The molecule has 4 heteroatoms. The summed E-state index contributed by atoms with van der Waals surface area (Å²) in [7, 11) is 0. The first-order chi connectivity index (χ1) is 7.79. The molecule has 0 aliphatic carbocycles. The van der Waals surface area contributed by atoms with E-state index in [2.05, 4.69) is 5.16 Å². The van der Waals surface area contributed by atoms with Crippen LogP contribution in [0.1, 0.15) is 30.1 Å². The van der Waals surface area contributed by atoms with E-state index in [1.165, 1.54) is 0 Å². The maximum absolute atomic E-state index is 11.8. The average Bonchev–Trinajstić information content (AvgIpc) is 2.35. The van der Waals surface area contributed by atoms with Gasteiger partial charge in [0.1, 0.15) is 0 Å². The first kappa shape index (κ1) is 12.2. The molecule has 1 N–H and O–H groups in total. The molecule has 0 atom stereocenters. The number of unbranched alkanes of at least 4 members (excludes halogenated alkanes) is 1. The zero-order valence-electron chi connectivity index (χ0n) is 9.22. The van der Waals surface area contributed by atoms with Crippen LogP contribution in [0.15, 0.2) is 35.5 Å². The van der Waals surface area contributed by atoms with Gasteiger partial charge in [0.15, 0.2) is 0 Å². The number of carbonyl (C=O) groups is 1. The van der Waals surface area contributed by atoms with Crippen LogP contribution in [0.25, 0.3) is 0 Å². The molecule has 0 aliphatic rings. The molecule has 1 aromatic rings. The summed E-state index contributed by atoms with van der Waals surface area (Å²) >= 11 is 0. The normalized spacial score (nSPS) is 11.2. The van der Waals surface area contributed by atoms with Crippen molar-refractivity contribution in [3.05, 3.63) is 35.9 Å². The van der Waals surface area contributed by atoms with Crippen molar-refractivity contribution in [2.75, 3.05) is 6.61 Å². The Morgan fingerprint density at radius 3 is 2.62 bits per heavy atom. The molecule has 0 radical (unpaired) electrons. The van der Waals surface area contributed by atoms with Crippen LogP contribution in [0.4, 0.5) is 0 Å². The van der Waals surface area contributed by atoms with E-state index >= 15 is 0 Å². The Labute approximate surface area is 94.5 Å². The average molecular weight is 221 g/mol. The van der Waals surface area contributed by atoms with Crippen molar-refractivity contribution in [1.29, 1.82) is 0 Å². The van der Waals surface area contributed by atoms with E-state index in [9.17, 15) is 4.79 Å². The third-order valence-electron chi connectivity index (χ3n) is 2.06. The molecule has 0 heterocycles. The highest BCUT2D eigenvalue weighted by molar-refractivity contribution is 6.42. The van der Waals surface area contributed by atoms with Crippen molar-refractivity contribution in [3.8, 4) is 0 Å². The quantitative estimate of drug-likeness (QED) is 0.207. The van der Waals surface area contributed by atoms with Gasteiger partial charge >= 0.3 is 0 Å². The van der Waals surface area contributed by atoms with Crippen molar-refractivity contribution in [2.24, 2.45) is 5.16 Å². The maximum atomic E-state index is 11.8. The summed E-state index contributed by atoms with van der Waals surface area (Å²) in [6.45, 7) is 2.40. The molecule has 0 bridgehead atoms. The van der Waals surface area contributed by atoms with E-state index in [1.54, 1.807) is 24.3 Å². The number of Topliss-reactive ketones (excluding diaryl/α,β-unsaturated/α-hetero) is 1. The van der Waals surface area contributed by atoms with Gasteiger partial charge in [-0.2, -0.15) is 0 Å². The first-order valence-corrected chi connectivity index (χ1v) is 5.24. The second-order valence-corrected chi connectivity index (χ2v) is 3.30. The number of nitrogens with zero attached hydrogens (tertiary/aromatic N) is 1. The molecule has 86 valence electrons. The monoisotopic (exact) mass is 221 g/mol. The standard InChI is InChI=1S/C12H15NO3/c1-2-3-9-16-12(13-15)11(14)10-7-5-4-6-8-10/h4-8,15H,2-3,9H2,1H3. The van der Waals surface area contributed by atoms with Crippen molar-refractivity contribution < 1.29 is 14.7 Å². The molecule has 0 amide bonds. The van der Waals surface area contributed by atoms with Crippen molar-refractivity contribution in [2.45, 2.75) is 19.8 Å². The summed E-state index contributed by atoms with van der Waals surface area (Å²) in [5, 5.41) is 11.6. The van der Waals surface area contributed by atoms with Crippen LogP contribution in [-0.2, 0) is 4.74 Å². The molecule has 1 rings (SSSR count). The number of hydrogen-bond donors (Lipinski definition) is 1. The Bertz CT molecular complexity index is 360. The molecule has 0 aliphatic heterocycles. The van der Waals surface area contributed by atoms with Gasteiger partial charge in [0.25, 0.3) is 11.7 Å². The summed E-state index contributed by atoms with van der Waals surface area (Å²) in [5.74, 6) is -0.654. The summed E-state index contributed by atoms with van der Waals surface area (Å²) in [5.41, 5.74) is 0.451. The van der Waals surface area contributed by atoms with Gasteiger partial charge in [-0.1, -0.05) is 43.7 Å². The molecule has 0 saturated heterocycles. The van der Waals surface area contributed by atoms with Gasteiger partial charge < -0.3 is 9.94 Å². The third-order valence-corrected chi connectivity index (χ3v) is 2.06. The Kier molecular flexibility index (Phi) is 5.05. The number of hydrogen-bond acceptors (Lipinski definition) is 4. The molecule has 0 fully saturated rings. The van der Waals surface area contributed by atoms with Crippen LogP contribution < -0.4 is 0 Å². The topological polar surface area (TPSA) is 58.9 Å². The second kappa shape index (κ2) is 6.61. The van der Waals surface area contributed by atoms with Gasteiger partial charge in [-0.25, -0.2) is 0 Å². The predicted octanol–water partition coefficient (Wildman–Crippen LogP) is 2.47. The second-order valence-electron chi connectivity index (χ2n) is 3.30. The minimum atomic E-state index is -0.404. The van der Waals surface area contributed by atoms with E-state index in [1.807, 2.05) is 13.0 Å². The molecule has 0 saturated carbocycles. The highest BCUT2D eigenvalue weighted by atomic mass is 16.5. The van der Waals surface area contributed by atoms with E-state index in [-0.39, 0.29) is 5.90 Å². The fourth-order valence-electron chi connectivity index (χ4n) is 1.17. The van der Waals surface area contributed by atoms with Gasteiger partial charge in [-0.3, -0.25) is 4.79 Å². The first-order valence-electron chi connectivity index (χ1n) is 5.24. The van der Waals surface area contributed by atoms with Crippen LogP contribution in [-0.4, -0.2) is 23.5 Å². The predicted molar refractivity (Wildman–Crippen MR) is 60.9 cm³/mol. The number of rotatable bonds is 5. The van der Waals surface area contributed by atoms with Crippen LogP contribution in [0.2, 0.25) is 0 Å². The van der Waals surface area contributed by atoms with Crippen molar-refractivity contribution in [3.63, 3.8) is 0 Å². The highest BCUT2D eigenvalue weighted by Gasteiger charge is 2.15. The Hall–Kier alpha value is -1.84. The molecule has 0 unspecified atom stereocenters. The molecular weight excluding hydrogens is 206 g/mol. The lowest BCUT2D eigenvalue weighted by Gasteiger charge is -2.05. The Morgan fingerprint density at radius 1 is 1.38 bits per heavy atom. The van der Waals surface area contributed by atoms with Crippen molar-refractivity contribution >= 4 is 11.7 Å². The third kappa shape index (κ3) is 3.38. The molecule has 0 spiro atoms. The van der Waals surface area contributed by atoms with Gasteiger partial charge in [-0.05, 0) is 11.6 Å². The van der Waals surface area contributed by atoms with E-state index in [4.69, 9.17) is 9.94 Å². The largest absolute Gasteiger partial charge is 0.473 e. The van der Waals surface area contributed by atoms with Gasteiger partial charge in [0.2, 0.25) is 0 Å². The van der Waals surface area contributed by atoms with Gasteiger partial charge in [-0.15, -0.1) is 0 Å². The Morgan fingerprint density at radius 2 is 2.06 bits per heavy atom. The summed E-state index contributed by atoms with van der Waals surface area (Å²) in [4.78, 5) is 11.8. The van der Waals surface area contributed by atoms with E-state index < -0.39 is 5.78 Å². The van der Waals surface area contributed by atoms with E-state index in [0.29, 0.717) is 12.2 Å². The summed E-state index contributed by atoms with van der Waals surface area (Å²) in [6, 6.07) is 8.60. The van der Waals surface area contributed by atoms with Gasteiger partial charge in [0.05, 0.1) is 6.61 Å². The molecular formula is C12H15NO3. The van der Waals surface area contributed by atoms with Crippen molar-refractivity contribution in [1.82, 2.24) is 0 Å². The number of ketones is 1. The number of benzene rings is 1. The zero-order chi connectivity index (χ0) is 11.8. The van der Waals surface area contributed by atoms with Gasteiger partial charge in [0, 0.05) is 5.56 Å². The number of oxime groups is 1. The minimum Gasteiger partial charge on any atom is -0.473 e. The fourth-order valence-corrected chi connectivity index (χ4v) is 1.17. The summed E-state index contributed by atoms with van der Waals surface area (Å²) < 4.78 is 5.10. The lowest BCUT2D eigenvalue weighted by atomic mass is 10.1. The molecule has 16 heavy (non-hydrogen) atoms. The fraction of sp³-hybridized carbons (Fsp3) is 0.333. The van der Waals surface area contributed by atoms with Crippen LogP contribution in [0.3, 0.4) is 0 Å². The highest BCUT2D eigenvalue weighted by Crippen LogP contribution is 2.03. The summed E-state index contributed by atoms with van der Waals surface area (Å²) in [6.07, 6.45) is 1.78. The van der Waals surface area contributed by atoms with Crippen LogP contribution >= 0.6 is 0 Å². The maximum Gasteiger partial charge on any atom is 0.299 e. The number of carbonyl (C=O) groups excluding carboxylic acids is 1. The zero-order valence-corrected chi connectivity index (χ0v) is 9.22. The number of ether oxygens (including phenoxy) is 1. The minimum absolute atomic E-state index is 0.250. The lowest BCUT2D eigenvalue weighted by Crippen LogP contribution is -2.18. The van der Waals surface area contributed by atoms with Crippen LogP contribution in [0, 0.1) is 0 Å². The smallest absolute Gasteiger partial charge is 0.299 e. The SMILES string of the molecule is CCCCOC(=NO)C(=O)c1ccccc1. The molecule has 1 aromatic carbocycles. The van der Waals surface area contributed by atoms with Crippen LogP contribution in [0.5, 0.6) is 0 Å². The van der Waals surface area contributed by atoms with E-state index in [0.717, 1.165) is 12.8 Å². The Balaban J connectivity index is 2.64. The molecule has 4 nitrogen and oxygen atoms in total. The molecule has 0 aromatic heterocycles.